The van der Waals surface area contributed by atoms with Gasteiger partial charge in [0.2, 0.25) is 0 Å². The molecule has 3 aliphatic heterocycles. The zero-order valence-corrected chi connectivity index (χ0v) is 38.6. The standard InChI is InChI=1S/C18H25NO3.C12H22N2O4.C8H9.C4H8O.ClH.Mg.H2S/c1-13-7-9-14(10-8-13)12-16(20)15-6-5-11-19(15)17(21)22-18(2,3)4;1-12(2,3)18-11(16)14-8-6-7-9(14)10(15)13(4)17-5;1-7-3-5-8(2)6-4-7;1-2-4-5-3-1;;;/h7-10,15H,5-6,11-12H2,1-4H3;9H,6-8H2,1-5H3;3-6H,1H2,2H3;1-4H2;1H;;1H2/q;;-1;;;+2;/p-1/t15-;9-;;;;;/m00...../s1. The van der Waals surface area contributed by atoms with Gasteiger partial charge in [0.1, 0.15) is 17.2 Å². The van der Waals surface area contributed by atoms with Gasteiger partial charge in [0.25, 0.3) is 5.91 Å². The third kappa shape index (κ3) is 21.2. The van der Waals surface area contributed by atoms with Crippen LogP contribution in [-0.4, -0.2) is 126 Å². The Hall–Kier alpha value is -2.68. The summed E-state index contributed by atoms with van der Waals surface area (Å²) in [6, 6.07) is 15.3. The van der Waals surface area contributed by atoms with Gasteiger partial charge in [-0.05, 0) is 99.5 Å². The molecule has 2 aromatic carbocycles. The molecule has 2 aromatic rings. The summed E-state index contributed by atoms with van der Waals surface area (Å²) < 4.78 is 15.6. The summed E-state index contributed by atoms with van der Waals surface area (Å²) >= 11 is 0. The summed E-state index contributed by atoms with van der Waals surface area (Å²) in [6.07, 6.45) is 5.12. The number of carbonyl (C=O) groups excluding carboxylic acids is 4. The van der Waals surface area contributed by atoms with E-state index in [0.717, 1.165) is 48.7 Å². The first-order valence-corrected chi connectivity index (χ1v) is 18.7. The first-order chi connectivity index (χ1) is 24.8. The number of hydroxylamine groups is 2. The van der Waals surface area contributed by atoms with Crippen LogP contribution in [-0.2, 0) is 35.1 Å². The molecule has 0 spiro atoms. The third-order valence-corrected chi connectivity index (χ3v) is 8.45. The molecule has 0 saturated carbocycles. The predicted molar refractivity (Wildman–Crippen MR) is 223 cm³/mol. The number of amides is 3. The number of hydrogen-bond donors (Lipinski definition) is 0. The maximum Gasteiger partial charge on any atom is 2.00 e. The first-order valence-electron chi connectivity index (χ1n) is 18.7. The van der Waals surface area contributed by atoms with Crippen molar-refractivity contribution >= 4 is 60.4 Å². The van der Waals surface area contributed by atoms with Crippen molar-refractivity contribution in [2.24, 2.45) is 0 Å². The summed E-state index contributed by atoms with van der Waals surface area (Å²) in [6.45, 7) is 21.9. The van der Waals surface area contributed by atoms with Gasteiger partial charge >= 0.3 is 35.2 Å². The number of ether oxygens (including phenoxy) is 3. The fourth-order valence-corrected chi connectivity index (χ4v) is 5.63. The zero-order valence-electron chi connectivity index (χ0n) is 35.5. The van der Waals surface area contributed by atoms with Crippen LogP contribution in [0.15, 0.2) is 48.5 Å². The van der Waals surface area contributed by atoms with Crippen molar-refractivity contribution in [3.8, 4) is 0 Å². The topological polar surface area (TPSA) is 115 Å². The van der Waals surface area contributed by atoms with E-state index in [4.69, 9.17) is 19.0 Å². The molecule has 312 valence electrons. The van der Waals surface area contributed by atoms with Crippen LogP contribution >= 0.6 is 13.5 Å². The molecule has 3 saturated heterocycles. The van der Waals surface area contributed by atoms with E-state index in [1.54, 1.807) is 25.7 Å². The van der Waals surface area contributed by atoms with Crippen LogP contribution in [0, 0.1) is 20.8 Å². The molecule has 0 radical (unpaired) electrons. The van der Waals surface area contributed by atoms with Gasteiger partial charge in [0, 0.05) is 39.8 Å². The molecule has 3 amide bonds. The van der Waals surface area contributed by atoms with Crippen LogP contribution in [0.25, 0.3) is 0 Å². The molecule has 0 N–H and O–H groups in total. The number of halogens is 1. The number of Topliss-reactive ketones (excluding diaryl/α,β-unsaturated/α-hetero) is 1. The summed E-state index contributed by atoms with van der Waals surface area (Å²) in [5.41, 5.74) is 3.44. The molecule has 2 atom stereocenters. The SMILES string of the molecule is C1CCOC1.CON(C)C(=O)[C@@H]1CCCN1C(=O)OC(C)(C)C.Cc1ccc(CC(=O)[C@@H]2CCCN2C(=O)OC(C)(C)C)cc1.S.[CH2-]c1ccc(C)cc1.[Cl-].[Mg+2]. The minimum absolute atomic E-state index is 0. The van der Waals surface area contributed by atoms with E-state index in [9.17, 15) is 19.2 Å². The second kappa shape index (κ2) is 27.1. The van der Waals surface area contributed by atoms with Crippen LogP contribution in [0.1, 0.15) is 102 Å². The van der Waals surface area contributed by atoms with Gasteiger partial charge in [0.15, 0.2) is 5.78 Å². The van der Waals surface area contributed by atoms with Crippen LogP contribution in [0.4, 0.5) is 9.59 Å². The zero-order chi connectivity index (χ0) is 39.8. The van der Waals surface area contributed by atoms with Crippen LogP contribution in [0.3, 0.4) is 0 Å². The number of likely N-dealkylation sites (tertiary alicyclic amines) is 2. The van der Waals surface area contributed by atoms with Crippen LogP contribution < -0.4 is 12.4 Å². The van der Waals surface area contributed by atoms with Crippen molar-refractivity contribution in [2.75, 3.05) is 40.5 Å². The third-order valence-electron chi connectivity index (χ3n) is 8.45. The molecule has 5 rings (SSSR count). The molecule has 0 bridgehead atoms. The molecule has 3 aliphatic rings. The largest absolute Gasteiger partial charge is 2.00 e. The van der Waals surface area contributed by atoms with Crippen LogP contribution in [0.5, 0.6) is 0 Å². The second-order valence-electron chi connectivity index (χ2n) is 15.6. The summed E-state index contributed by atoms with van der Waals surface area (Å²) in [7, 11) is 2.96. The number of benzene rings is 2. The van der Waals surface area contributed by atoms with Crippen molar-refractivity contribution in [2.45, 2.75) is 124 Å². The number of aryl methyl sites for hydroxylation is 2. The number of hydrogen-bond acceptors (Lipinski definition) is 8. The Labute approximate surface area is 365 Å². The van der Waals surface area contributed by atoms with Gasteiger partial charge in [-0.1, -0.05) is 35.4 Å². The first kappa shape index (κ1) is 55.4. The quantitative estimate of drug-likeness (QED) is 0.244. The molecule has 0 aliphatic carbocycles. The van der Waals surface area contributed by atoms with Crippen molar-refractivity contribution in [3.05, 3.63) is 77.7 Å². The Kier molecular flexibility index (Phi) is 26.8. The monoisotopic (exact) mass is 831 g/mol. The van der Waals surface area contributed by atoms with Crippen LogP contribution in [0.2, 0.25) is 0 Å². The van der Waals surface area contributed by atoms with Crippen molar-refractivity contribution in [1.29, 1.82) is 0 Å². The van der Waals surface area contributed by atoms with Gasteiger partial charge in [0.05, 0.1) is 13.2 Å². The summed E-state index contributed by atoms with van der Waals surface area (Å²) in [5, 5.41) is 1.15. The molecule has 14 heteroatoms. The molecule has 11 nitrogen and oxygen atoms in total. The van der Waals surface area contributed by atoms with E-state index >= 15 is 0 Å². The average Bonchev–Trinajstić information content (AvgIpc) is 3.89. The number of nitrogens with zero attached hydrogens (tertiary/aromatic N) is 3. The molecule has 0 aromatic heterocycles. The number of ketones is 1. The molecular weight excluding hydrogens is 766 g/mol. The number of rotatable bonds is 5. The van der Waals surface area contributed by atoms with Gasteiger partial charge in [-0.2, -0.15) is 38.1 Å². The Bertz CT molecular complexity index is 1420. The molecule has 3 heterocycles. The van der Waals surface area contributed by atoms with Gasteiger partial charge in [-0.15, -0.1) is 12.1 Å². The molecule has 56 heavy (non-hydrogen) atoms. The molecular formula is C42H66ClMgN3O8S. The fraction of sp³-hybridized carbons (Fsp3) is 0.595. The Morgan fingerprint density at radius 1 is 0.750 bits per heavy atom. The van der Waals surface area contributed by atoms with Crippen molar-refractivity contribution < 1.29 is 50.6 Å². The van der Waals surface area contributed by atoms with Crippen molar-refractivity contribution in [1.82, 2.24) is 14.9 Å². The van der Waals surface area contributed by atoms with E-state index in [1.807, 2.05) is 64.1 Å². The van der Waals surface area contributed by atoms with Gasteiger partial charge in [-0.25, -0.2) is 14.7 Å². The molecule has 3 fully saturated rings. The smallest absolute Gasteiger partial charge is 1.00 e. The minimum atomic E-state index is -0.555. The summed E-state index contributed by atoms with van der Waals surface area (Å²) in [5.74, 6) is -0.131. The number of likely N-dealkylation sites (N-methyl/N-ethyl adjacent to an activating group) is 1. The Morgan fingerprint density at radius 2 is 1.16 bits per heavy atom. The second-order valence-corrected chi connectivity index (χ2v) is 15.6. The fourth-order valence-electron chi connectivity index (χ4n) is 5.63. The van der Waals surface area contributed by atoms with Crippen molar-refractivity contribution in [3.63, 3.8) is 0 Å². The van der Waals surface area contributed by atoms with Gasteiger partial charge < -0.3 is 26.6 Å². The normalized spacial score (nSPS) is 17.0. The number of carbonyl (C=O) groups is 4. The Balaban J connectivity index is 0. The summed E-state index contributed by atoms with van der Waals surface area (Å²) in [4.78, 5) is 56.7. The van der Waals surface area contributed by atoms with E-state index in [-0.39, 0.29) is 72.8 Å². The van der Waals surface area contributed by atoms with E-state index in [1.165, 1.54) is 43.0 Å². The van der Waals surface area contributed by atoms with E-state index in [0.29, 0.717) is 25.9 Å². The maximum atomic E-state index is 12.5. The van der Waals surface area contributed by atoms with Gasteiger partial charge in [-0.3, -0.25) is 24.2 Å². The van der Waals surface area contributed by atoms with E-state index in [2.05, 4.69) is 26.0 Å². The maximum absolute atomic E-state index is 12.5. The predicted octanol–water partition coefficient (Wildman–Crippen LogP) is 4.62. The average molecular weight is 833 g/mol. The van der Waals surface area contributed by atoms with E-state index < -0.39 is 23.3 Å². The Morgan fingerprint density at radius 3 is 1.54 bits per heavy atom. The minimum Gasteiger partial charge on any atom is -1.00 e. The molecule has 0 unspecified atom stereocenters.